The first kappa shape index (κ1) is 31.6. The van der Waals surface area contributed by atoms with Crippen molar-refractivity contribution in [1.29, 1.82) is 0 Å². The zero-order valence-electron chi connectivity index (χ0n) is 27.6. The van der Waals surface area contributed by atoms with E-state index in [1.165, 1.54) is 13.4 Å². The van der Waals surface area contributed by atoms with E-state index in [4.69, 9.17) is 23.3 Å². The molecule has 2 aromatic carbocycles. The van der Waals surface area contributed by atoms with Crippen LogP contribution in [0.15, 0.2) is 57.6 Å². The van der Waals surface area contributed by atoms with Crippen LogP contribution in [-0.4, -0.2) is 52.2 Å². The molecule has 250 valence electrons. The Kier molecular flexibility index (Phi) is 7.46. The van der Waals surface area contributed by atoms with E-state index in [9.17, 15) is 19.5 Å². The number of benzene rings is 2. The Morgan fingerprint density at radius 1 is 1.10 bits per heavy atom. The summed E-state index contributed by atoms with van der Waals surface area (Å²) in [5.41, 5.74) is 1.71. The maximum atomic E-state index is 14.1. The zero-order chi connectivity index (χ0) is 34.1. The van der Waals surface area contributed by atoms with Gasteiger partial charge in [-0.1, -0.05) is 65.0 Å². The molecule has 0 saturated heterocycles. The maximum Gasteiger partial charge on any atom is 0.360 e. The molecule has 5 atom stereocenters. The van der Waals surface area contributed by atoms with Gasteiger partial charge in [0.1, 0.15) is 29.6 Å². The molecule has 4 aromatic rings. The number of amides is 1. The number of ether oxygens (including phenoxy) is 2. The summed E-state index contributed by atoms with van der Waals surface area (Å²) >= 11 is 0. The van der Waals surface area contributed by atoms with E-state index in [0.29, 0.717) is 11.5 Å². The first-order chi connectivity index (χ1) is 22.8. The van der Waals surface area contributed by atoms with Gasteiger partial charge in [-0.15, -0.1) is 0 Å². The number of nitrogens with zero attached hydrogens (tertiary/aromatic N) is 2. The predicted octanol–water partition coefficient (Wildman–Crippen LogP) is 4.95. The van der Waals surface area contributed by atoms with E-state index in [1.807, 2.05) is 56.3 Å². The van der Waals surface area contributed by atoms with Crippen LogP contribution in [0.5, 0.6) is 5.75 Å². The molecular weight excluding hydrogens is 616 g/mol. The number of hydrogen-bond donors (Lipinski definition) is 3. The summed E-state index contributed by atoms with van der Waals surface area (Å²) in [6.07, 6.45) is -0.599. The minimum atomic E-state index is -1.24. The molecule has 3 aliphatic heterocycles. The molecule has 4 bridgehead atoms. The molecule has 0 saturated carbocycles. The first-order valence-corrected chi connectivity index (χ1v) is 16.1. The molecule has 7 rings (SSSR count). The van der Waals surface area contributed by atoms with Crippen LogP contribution in [0.25, 0.3) is 11.6 Å². The Hall–Kier alpha value is -4.97. The van der Waals surface area contributed by atoms with Crippen molar-refractivity contribution in [2.24, 2.45) is 17.3 Å². The Bertz CT molecular complexity index is 1940. The lowest BCUT2D eigenvalue weighted by Crippen LogP contribution is -2.41. The van der Waals surface area contributed by atoms with Gasteiger partial charge in [-0.05, 0) is 41.0 Å². The van der Waals surface area contributed by atoms with Gasteiger partial charge in [-0.25, -0.2) is 14.8 Å². The molecule has 0 radical (unpaired) electrons. The Balaban J connectivity index is 1.47. The van der Waals surface area contributed by atoms with Crippen LogP contribution in [0, 0.1) is 17.3 Å². The molecular formula is C36H38N4O8. The Morgan fingerprint density at radius 3 is 2.60 bits per heavy atom. The summed E-state index contributed by atoms with van der Waals surface area (Å²) in [6, 6.07) is 12.8. The van der Waals surface area contributed by atoms with Gasteiger partial charge < -0.3 is 34.0 Å². The fourth-order valence-electron chi connectivity index (χ4n) is 6.98. The number of anilines is 1. The fraction of sp³-hybridized carbons (Fsp3) is 0.417. The van der Waals surface area contributed by atoms with Gasteiger partial charge in [0.2, 0.25) is 17.7 Å². The van der Waals surface area contributed by atoms with Gasteiger partial charge in [0, 0.05) is 23.6 Å². The normalized spacial score (nSPS) is 23.2. The first-order valence-electron chi connectivity index (χ1n) is 16.1. The number of para-hydroxylation sites is 1. The van der Waals surface area contributed by atoms with E-state index in [1.54, 1.807) is 20.8 Å². The molecule has 12 heteroatoms. The number of ketones is 1. The van der Waals surface area contributed by atoms with E-state index in [-0.39, 0.29) is 47.8 Å². The van der Waals surface area contributed by atoms with Gasteiger partial charge in [0.05, 0.1) is 7.11 Å². The average molecular weight is 655 g/mol. The number of rotatable bonds is 6. The number of aromatic nitrogens is 2. The zero-order valence-corrected chi connectivity index (χ0v) is 27.6. The summed E-state index contributed by atoms with van der Waals surface area (Å²) in [5, 5.41) is 17.4. The largest absolute Gasteiger partial charge is 0.469 e. The van der Waals surface area contributed by atoms with Crippen molar-refractivity contribution in [3.05, 3.63) is 82.8 Å². The van der Waals surface area contributed by atoms with E-state index in [2.05, 4.69) is 15.6 Å². The number of nitrogens with one attached hydrogen (secondary N) is 2. The van der Waals surface area contributed by atoms with E-state index in [0.717, 1.165) is 22.4 Å². The average Bonchev–Trinajstić information content (AvgIpc) is 3.82. The van der Waals surface area contributed by atoms with Crippen LogP contribution in [0.4, 0.5) is 5.69 Å². The molecule has 3 N–H and O–H groups in total. The molecule has 5 heterocycles. The highest BCUT2D eigenvalue weighted by Crippen LogP contribution is 2.59. The lowest BCUT2D eigenvalue weighted by atomic mass is 9.72. The number of fused-ring (bicyclic) bond motifs is 4. The second-order valence-electron chi connectivity index (χ2n) is 14.2. The molecule has 3 aliphatic rings. The van der Waals surface area contributed by atoms with Gasteiger partial charge in [-0.2, -0.15) is 0 Å². The van der Waals surface area contributed by atoms with Crippen molar-refractivity contribution in [3.63, 3.8) is 0 Å². The number of aliphatic hydroxyl groups excluding tert-OH is 1. The summed E-state index contributed by atoms with van der Waals surface area (Å²) in [6.45, 7) is 9.22. The van der Waals surface area contributed by atoms with Gasteiger partial charge in [0.25, 0.3) is 0 Å². The fourth-order valence-corrected chi connectivity index (χ4v) is 6.98. The van der Waals surface area contributed by atoms with Crippen LogP contribution in [0.1, 0.15) is 85.9 Å². The number of carbonyl (C=O) groups is 3. The van der Waals surface area contributed by atoms with Crippen LogP contribution in [0.3, 0.4) is 0 Å². The number of esters is 1. The van der Waals surface area contributed by atoms with Gasteiger partial charge >= 0.3 is 5.97 Å². The molecule has 2 unspecified atom stereocenters. The number of carbonyl (C=O) groups excluding carboxylic acids is 3. The maximum absolute atomic E-state index is 14.1. The highest BCUT2D eigenvalue weighted by atomic mass is 16.5. The van der Waals surface area contributed by atoms with Crippen LogP contribution in [0.2, 0.25) is 0 Å². The van der Waals surface area contributed by atoms with Crippen molar-refractivity contribution in [2.75, 3.05) is 12.4 Å². The summed E-state index contributed by atoms with van der Waals surface area (Å²) in [4.78, 5) is 49.2. The second kappa shape index (κ2) is 11.3. The number of hydrogen-bond acceptors (Lipinski definition) is 11. The minimum Gasteiger partial charge on any atom is -0.469 e. The molecule has 0 fully saturated rings. The Morgan fingerprint density at radius 2 is 1.88 bits per heavy atom. The molecule has 48 heavy (non-hydrogen) atoms. The predicted molar refractivity (Wildman–Crippen MR) is 172 cm³/mol. The second-order valence-corrected chi connectivity index (χ2v) is 14.2. The quantitative estimate of drug-likeness (QED) is 0.241. The van der Waals surface area contributed by atoms with Crippen molar-refractivity contribution >= 4 is 23.3 Å². The van der Waals surface area contributed by atoms with Crippen molar-refractivity contribution in [2.45, 2.75) is 71.2 Å². The van der Waals surface area contributed by atoms with Crippen LogP contribution in [-0.2, 0) is 26.2 Å². The van der Waals surface area contributed by atoms with Gasteiger partial charge in [0.15, 0.2) is 29.2 Å². The van der Waals surface area contributed by atoms with E-state index < -0.39 is 46.9 Å². The molecule has 1 amide bonds. The molecule has 2 aromatic heterocycles. The smallest absolute Gasteiger partial charge is 0.360 e. The lowest BCUT2D eigenvalue weighted by Gasteiger charge is -2.29. The number of methoxy groups -OCH3 is 1. The summed E-state index contributed by atoms with van der Waals surface area (Å²) < 4.78 is 24.1. The number of Topliss-reactive ketones (excluding diaryl/α,β-unsaturated/α-hetero) is 1. The van der Waals surface area contributed by atoms with Gasteiger partial charge in [-0.3, -0.25) is 9.59 Å². The highest BCUT2D eigenvalue weighted by Gasteiger charge is 2.61. The highest BCUT2D eigenvalue weighted by molar-refractivity contribution is 5.90. The standard InChI is InChI=1S/C36H38N4O8/c1-17(2)26-32-40-27(31-37-23(16-46-31)33(44)45-6)29(48-32)36-20-9-7-8-10-22(20)38-34(36)47-25-12-11-18(14-21(25)36)13-19(30(43)39-26)15-24(41)28(42)35(3,4)5/h7-12,14,16-17,19,26,28,34,38,42H,13,15H2,1-6H3,(H,39,43)/t19?,26-,28+,34-,36?/m0/s1. The number of aliphatic hydroxyl groups is 1. The SMILES string of the molecule is COC(=O)c1coc(-c2nc3oc2C24c5ccccc5N[C@H]2Oc2ccc(cc24)CC(CC(=O)[C@@H](O)C(C)(C)C)C(=O)N[C@H]3C(C)C)n1. The summed E-state index contributed by atoms with van der Waals surface area (Å²) in [7, 11) is 1.26. The molecule has 0 aliphatic carbocycles. The topological polar surface area (TPSA) is 166 Å². The monoisotopic (exact) mass is 654 g/mol. The lowest BCUT2D eigenvalue weighted by molar-refractivity contribution is -0.137. The minimum absolute atomic E-state index is 0.0332. The summed E-state index contributed by atoms with van der Waals surface area (Å²) in [5.74, 6) is -1.23. The van der Waals surface area contributed by atoms with E-state index >= 15 is 0 Å². The van der Waals surface area contributed by atoms with Crippen LogP contribution >= 0.6 is 0 Å². The van der Waals surface area contributed by atoms with Crippen molar-refractivity contribution in [1.82, 2.24) is 15.3 Å². The third kappa shape index (κ3) is 4.88. The van der Waals surface area contributed by atoms with Crippen LogP contribution < -0.4 is 15.4 Å². The molecule has 1 spiro atoms. The third-order valence-electron chi connectivity index (χ3n) is 9.50. The third-order valence-corrected chi connectivity index (χ3v) is 9.50. The van der Waals surface area contributed by atoms with Crippen molar-refractivity contribution in [3.8, 4) is 17.3 Å². The number of oxazole rings is 2. The Labute approximate surface area is 277 Å². The molecule has 12 nitrogen and oxygen atoms in total. The van der Waals surface area contributed by atoms with Crippen molar-refractivity contribution < 1.29 is 37.8 Å².